The number of amides is 1. The maximum absolute atomic E-state index is 13.0. The molecule has 1 amide bonds. The van der Waals surface area contributed by atoms with Gasteiger partial charge < -0.3 is 0 Å². The fourth-order valence-corrected chi connectivity index (χ4v) is 5.86. The zero-order valence-corrected chi connectivity index (χ0v) is 15.8. The molecule has 1 atom stereocenters. The van der Waals surface area contributed by atoms with Crippen LogP contribution in [0.2, 0.25) is 0 Å². The normalized spacial score (nSPS) is 21.2. The Kier molecular flexibility index (Phi) is 4.49. The number of hydrogen-bond acceptors (Lipinski definition) is 4. The van der Waals surface area contributed by atoms with E-state index in [0.29, 0.717) is 13.1 Å². The summed E-state index contributed by atoms with van der Waals surface area (Å²) < 4.78 is 23.9. The Bertz CT molecular complexity index is 949. The molecule has 0 radical (unpaired) electrons. The standard InChI is InChI=1S/C20H24N2O3S/c1-2-3-11-21(16-10-12-26(24,25)13-16)14-22-18-9-5-7-15-6-4-8-17(19(15)18)20(22)23/h4-9,16H,2-3,10-14H2,1H3. The third-order valence-corrected chi connectivity index (χ3v) is 7.25. The van der Waals surface area contributed by atoms with E-state index in [2.05, 4.69) is 11.8 Å². The average Bonchev–Trinajstić information content (AvgIpc) is 3.12. The van der Waals surface area contributed by atoms with Crippen molar-refractivity contribution < 1.29 is 13.2 Å². The van der Waals surface area contributed by atoms with Crippen LogP contribution in [0.15, 0.2) is 36.4 Å². The van der Waals surface area contributed by atoms with Gasteiger partial charge in [0.15, 0.2) is 9.84 Å². The second-order valence-electron chi connectivity index (χ2n) is 7.28. The average molecular weight is 372 g/mol. The highest BCUT2D eigenvalue weighted by Gasteiger charge is 2.36. The van der Waals surface area contributed by atoms with Gasteiger partial charge in [-0.3, -0.25) is 14.6 Å². The molecule has 1 fully saturated rings. The number of sulfone groups is 1. The molecule has 1 unspecified atom stereocenters. The van der Waals surface area contributed by atoms with E-state index in [1.165, 1.54) is 0 Å². The van der Waals surface area contributed by atoms with Gasteiger partial charge in [-0.1, -0.05) is 37.6 Å². The van der Waals surface area contributed by atoms with Crippen LogP contribution in [-0.4, -0.2) is 50.0 Å². The highest BCUT2D eigenvalue weighted by Crippen LogP contribution is 2.37. The highest BCUT2D eigenvalue weighted by molar-refractivity contribution is 7.91. The molecule has 6 heteroatoms. The summed E-state index contributed by atoms with van der Waals surface area (Å²) in [4.78, 5) is 17.0. The van der Waals surface area contributed by atoms with Crippen LogP contribution < -0.4 is 4.90 Å². The minimum atomic E-state index is -2.95. The summed E-state index contributed by atoms with van der Waals surface area (Å²) in [6.07, 6.45) is 2.70. The van der Waals surface area contributed by atoms with Gasteiger partial charge in [-0.05, 0) is 30.4 Å². The fourth-order valence-electron chi connectivity index (χ4n) is 4.09. The minimum Gasteiger partial charge on any atom is -0.294 e. The Morgan fingerprint density at radius 1 is 1.19 bits per heavy atom. The summed E-state index contributed by atoms with van der Waals surface area (Å²) in [5, 5.41) is 2.08. The molecule has 0 N–H and O–H groups in total. The maximum atomic E-state index is 13.0. The third kappa shape index (κ3) is 3.01. The van der Waals surface area contributed by atoms with Gasteiger partial charge in [-0.25, -0.2) is 8.42 Å². The van der Waals surface area contributed by atoms with Crippen molar-refractivity contribution in [2.24, 2.45) is 0 Å². The summed E-state index contributed by atoms with van der Waals surface area (Å²) in [5.74, 6) is 0.471. The SMILES string of the molecule is CCCCN(CN1C(=O)c2cccc3cccc1c23)C1CCS(=O)(=O)C1. The number of unbranched alkanes of at least 4 members (excludes halogenated alkanes) is 1. The molecule has 0 bridgehead atoms. The van der Waals surface area contributed by atoms with Crippen molar-refractivity contribution in [3.8, 4) is 0 Å². The first kappa shape index (κ1) is 17.5. The fraction of sp³-hybridized carbons (Fsp3) is 0.450. The molecule has 138 valence electrons. The first-order chi connectivity index (χ1) is 12.5. The van der Waals surface area contributed by atoms with Crippen LogP contribution >= 0.6 is 0 Å². The lowest BCUT2D eigenvalue weighted by Crippen LogP contribution is -2.46. The van der Waals surface area contributed by atoms with Crippen LogP contribution in [-0.2, 0) is 9.84 Å². The van der Waals surface area contributed by atoms with Crippen LogP contribution in [0.5, 0.6) is 0 Å². The van der Waals surface area contributed by atoms with E-state index in [1.54, 1.807) is 0 Å². The van der Waals surface area contributed by atoms with Crippen LogP contribution in [0.1, 0.15) is 36.5 Å². The largest absolute Gasteiger partial charge is 0.294 e. The first-order valence-corrected chi connectivity index (χ1v) is 11.1. The number of rotatable bonds is 6. The number of hydrogen-bond donors (Lipinski definition) is 0. The van der Waals surface area contributed by atoms with E-state index in [1.807, 2.05) is 41.3 Å². The molecule has 0 saturated carbocycles. The van der Waals surface area contributed by atoms with E-state index >= 15 is 0 Å². The Labute approximate surface area is 154 Å². The number of nitrogens with zero attached hydrogens (tertiary/aromatic N) is 2. The predicted octanol–water partition coefficient (Wildman–Crippen LogP) is 3.05. The lowest BCUT2D eigenvalue weighted by molar-refractivity contribution is 0.0964. The van der Waals surface area contributed by atoms with Crippen molar-refractivity contribution in [3.63, 3.8) is 0 Å². The molecule has 26 heavy (non-hydrogen) atoms. The monoisotopic (exact) mass is 372 g/mol. The Hall–Kier alpha value is -1.92. The smallest absolute Gasteiger partial charge is 0.260 e. The summed E-state index contributed by atoms with van der Waals surface area (Å²) in [6.45, 7) is 3.39. The molecule has 0 spiro atoms. The van der Waals surface area contributed by atoms with Crippen LogP contribution in [0, 0.1) is 0 Å². The molecule has 2 aliphatic rings. The summed E-state index contributed by atoms with van der Waals surface area (Å²) in [5.41, 5.74) is 1.68. The Balaban J connectivity index is 1.64. The highest BCUT2D eigenvalue weighted by atomic mass is 32.2. The van der Waals surface area contributed by atoms with E-state index < -0.39 is 9.84 Å². The van der Waals surface area contributed by atoms with Crippen molar-refractivity contribution in [1.82, 2.24) is 4.90 Å². The lowest BCUT2D eigenvalue weighted by atomic mass is 10.1. The minimum absolute atomic E-state index is 0.00210. The molecule has 4 rings (SSSR count). The van der Waals surface area contributed by atoms with Gasteiger partial charge in [0, 0.05) is 23.5 Å². The molecular weight excluding hydrogens is 348 g/mol. The van der Waals surface area contributed by atoms with Crippen molar-refractivity contribution in [2.75, 3.05) is 29.6 Å². The predicted molar refractivity (Wildman–Crippen MR) is 104 cm³/mol. The number of anilines is 1. The van der Waals surface area contributed by atoms with Gasteiger partial charge in [-0.15, -0.1) is 0 Å². The van der Waals surface area contributed by atoms with Crippen LogP contribution in [0.4, 0.5) is 5.69 Å². The van der Waals surface area contributed by atoms with Gasteiger partial charge in [0.1, 0.15) is 0 Å². The van der Waals surface area contributed by atoms with E-state index in [9.17, 15) is 13.2 Å². The second-order valence-corrected chi connectivity index (χ2v) is 9.51. The van der Waals surface area contributed by atoms with Gasteiger partial charge in [0.2, 0.25) is 0 Å². The lowest BCUT2D eigenvalue weighted by Gasteiger charge is -2.32. The van der Waals surface area contributed by atoms with Gasteiger partial charge in [-0.2, -0.15) is 0 Å². The molecule has 0 aromatic heterocycles. The second kappa shape index (κ2) is 6.67. The third-order valence-electron chi connectivity index (χ3n) is 5.50. The zero-order chi connectivity index (χ0) is 18.3. The van der Waals surface area contributed by atoms with Crippen molar-refractivity contribution in [1.29, 1.82) is 0 Å². The molecule has 5 nitrogen and oxygen atoms in total. The summed E-state index contributed by atoms with van der Waals surface area (Å²) in [6, 6.07) is 11.8. The van der Waals surface area contributed by atoms with Crippen molar-refractivity contribution in [2.45, 2.75) is 32.2 Å². The topological polar surface area (TPSA) is 57.7 Å². The van der Waals surface area contributed by atoms with E-state index in [0.717, 1.165) is 41.4 Å². The van der Waals surface area contributed by atoms with Crippen molar-refractivity contribution >= 4 is 32.2 Å². The maximum Gasteiger partial charge on any atom is 0.260 e. The van der Waals surface area contributed by atoms with Gasteiger partial charge in [0.05, 0.1) is 23.9 Å². The number of carbonyl (C=O) groups excluding carboxylic acids is 1. The zero-order valence-electron chi connectivity index (χ0n) is 15.0. The first-order valence-electron chi connectivity index (χ1n) is 9.28. The molecular formula is C20H24N2O3S. The summed E-state index contributed by atoms with van der Waals surface area (Å²) in [7, 11) is -2.95. The molecule has 0 aliphatic carbocycles. The van der Waals surface area contributed by atoms with Gasteiger partial charge in [0.25, 0.3) is 5.91 Å². The van der Waals surface area contributed by atoms with Crippen LogP contribution in [0.25, 0.3) is 10.8 Å². The summed E-state index contributed by atoms with van der Waals surface area (Å²) >= 11 is 0. The van der Waals surface area contributed by atoms with Crippen molar-refractivity contribution in [3.05, 3.63) is 42.0 Å². The van der Waals surface area contributed by atoms with Crippen LogP contribution in [0.3, 0.4) is 0 Å². The molecule has 2 aromatic rings. The molecule has 1 saturated heterocycles. The Morgan fingerprint density at radius 3 is 2.65 bits per heavy atom. The quantitative estimate of drug-likeness (QED) is 0.782. The molecule has 2 aromatic carbocycles. The number of benzene rings is 2. The van der Waals surface area contributed by atoms with Gasteiger partial charge >= 0.3 is 0 Å². The van der Waals surface area contributed by atoms with E-state index in [4.69, 9.17) is 0 Å². The molecule has 2 heterocycles. The number of carbonyl (C=O) groups is 1. The van der Waals surface area contributed by atoms with E-state index in [-0.39, 0.29) is 23.5 Å². The molecule has 2 aliphatic heterocycles. The Morgan fingerprint density at radius 2 is 1.96 bits per heavy atom.